The van der Waals surface area contributed by atoms with Crippen LogP contribution in [0.15, 0.2) is 29.8 Å². The molecule has 24 heavy (non-hydrogen) atoms. The number of carbonyl (C=O) groups is 1. The molecule has 0 aromatic carbocycles. The Labute approximate surface area is 142 Å². The Bertz CT molecular complexity index is 627. The molecule has 0 amide bonds. The SMILES string of the molecule is CCOC(=O)C1=C2OC(CC)CCCN2NC1c1ccc(C)nc1. The molecule has 0 bridgehead atoms. The molecule has 1 aromatic rings. The normalized spacial score (nSPS) is 23.5. The van der Waals surface area contributed by atoms with Gasteiger partial charge in [0, 0.05) is 18.4 Å². The molecular weight excluding hydrogens is 306 g/mol. The van der Waals surface area contributed by atoms with E-state index in [2.05, 4.69) is 17.3 Å². The molecule has 3 rings (SSSR count). The van der Waals surface area contributed by atoms with Crippen LogP contribution < -0.4 is 5.43 Å². The molecule has 1 saturated heterocycles. The summed E-state index contributed by atoms with van der Waals surface area (Å²) in [7, 11) is 0. The zero-order valence-corrected chi connectivity index (χ0v) is 14.5. The largest absolute Gasteiger partial charge is 0.474 e. The summed E-state index contributed by atoms with van der Waals surface area (Å²) < 4.78 is 11.5. The number of nitrogens with one attached hydrogen (secondary N) is 1. The number of hydrogen-bond acceptors (Lipinski definition) is 6. The molecule has 0 radical (unpaired) electrons. The molecule has 0 saturated carbocycles. The molecule has 0 aliphatic carbocycles. The van der Waals surface area contributed by atoms with Gasteiger partial charge in [0.25, 0.3) is 0 Å². The summed E-state index contributed by atoms with van der Waals surface area (Å²) in [5, 5.41) is 1.95. The molecule has 2 atom stereocenters. The Hall–Kier alpha value is -2.08. The standard InChI is InChI=1S/C18H25N3O3/c1-4-14-7-6-10-21-17(24-14)15(18(22)23-5-2)16(20-21)13-9-8-12(3)19-11-13/h8-9,11,14,16,20H,4-7,10H2,1-3H3. The highest BCUT2D eigenvalue weighted by Gasteiger charge is 2.40. The lowest BCUT2D eigenvalue weighted by Gasteiger charge is -2.21. The van der Waals surface area contributed by atoms with Crippen LogP contribution in [0.5, 0.6) is 0 Å². The molecule has 6 heteroatoms. The minimum absolute atomic E-state index is 0.131. The Morgan fingerprint density at radius 1 is 1.46 bits per heavy atom. The number of ether oxygens (including phenoxy) is 2. The van der Waals surface area contributed by atoms with E-state index in [1.807, 2.05) is 31.0 Å². The maximum absolute atomic E-state index is 12.6. The van der Waals surface area contributed by atoms with E-state index in [1.165, 1.54) is 0 Å². The van der Waals surface area contributed by atoms with Gasteiger partial charge in [-0.3, -0.25) is 9.99 Å². The van der Waals surface area contributed by atoms with Gasteiger partial charge in [-0.25, -0.2) is 10.2 Å². The summed E-state index contributed by atoms with van der Waals surface area (Å²) >= 11 is 0. The molecular formula is C18H25N3O3. The number of fused-ring (bicyclic) bond motifs is 1. The molecule has 3 heterocycles. The topological polar surface area (TPSA) is 63.7 Å². The molecule has 2 unspecified atom stereocenters. The van der Waals surface area contributed by atoms with E-state index in [9.17, 15) is 4.79 Å². The molecule has 6 nitrogen and oxygen atoms in total. The highest BCUT2D eigenvalue weighted by molar-refractivity contribution is 5.91. The number of esters is 1. The summed E-state index contributed by atoms with van der Waals surface area (Å²) in [5.74, 6) is 0.285. The summed E-state index contributed by atoms with van der Waals surface area (Å²) in [4.78, 5) is 17.0. The van der Waals surface area contributed by atoms with Gasteiger partial charge in [0.1, 0.15) is 11.7 Å². The second-order valence-corrected chi connectivity index (χ2v) is 6.18. The van der Waals surface area contributed by atoms with E-state index >= 15 is 0 Å². The number of carbonyl (C=O) groups excluding carboxylic acids is 1. The van der Waals surface area contributed by atoms with Crippen LogP contribution in [-0.2, 0) is 14.3 Å². The average molecular weight is 331 g/mol. The fourth-order valence-corrected chi connectivity index (χ4v) is 3.13. The number of nitrogens with zero attached hydrogens (tertiary/aromatic N) is 2. The van der Waals surface area contributed by atoms with Crippen molar-refractivity contribution < 1.29 is 14.3 Å². The lowest BCUT2D eigenvalue weighted by molar-refractivity contribution is -0.139. The number of aromatic nitrogens is 1. The van der Waals surface area contributed by atoms with Crippen molar-refractivity contribution in [3.8, 4) is 0 Å². The van der Waals surface area contributed by atoms with Gasteiger partial charge >= 0.3 is 5.97 Å². The van der Waals surface area contributed by atoms with Gasteiger partial charge in [0.05, 0.1) is 12.6 Å². The molecule has 0 spiro atoms. The van der Waals surface area contributed by atoms with Crippen LogP contribution >= 0.6 is 0 Å². The third kappa shape index (κ3) is 3.24. The number of hydrogen-bond donors (Lipinski definition) is 1. The highest BCUT2D eigenvalue weighted by atomic mass is 16.5. The predicted molar refractivity (Wildman–Crippen MR) is 89.6 cm³/mol. The predicted octanol–water partition coefficient (Wildman–Crippen LogP) is 2.62. The summed E-state index contributed by atoms with van der Waals surface area (Å²) in [6.07, 6.45) is 4.86. The molecule has 130 valence electrons. The van der Waals surface area contributed by atoms with Crippen molar-refractivity contribution in [3.05, 3.63) is 41.0 Å². The van der Waals surface area contributed by atoms with Gasteiger partial charge in [-0.15, -0.1) is 0 Å². The van der Waals surface area contributed by atoms with Crippen molar-refractivity contribution in [1.82, 2.24) is 15.4 Å². The lowest BCUT2D eigenvalue weighted by atomic mass is 10.0. The quantitative estimate of drug-likeness (QED) is 0.856. The van der Waals surface area contributed by atoms with Crippen LogP contribution in [0.3, 0.4) is 0 Å². The maximum atomic E-state index is 12.6. The zero-order valence-electron chi connectivity index (χ0n) is 14.5. The van der Waals surface area contributed by atoms with E-state index in [0.29, 0.717) is 18.1 Å². The number of pyridine rings is 1. The van der Waals surface area contributed by atoms with Crippen LogP contribution in [0.25, 0.3) is 0 Å². The Morgan fingerprint density at radius 3 is 2.96 bits per heavy atom. The van der Waals surface area contributed by atoms with E-state index < -0.39 is 0 Å². The van der Waals surface area contributed by atoms with Crippen LogP contribution in [0, 0.1) is 6.92 Å². The lowest BCUT2D eigenvalue weighted by Crippen LogP contribution is -2.34. The van der Waals surface area contributed by atoms with Crippen molar-refractivity contribution in [2.75, 3.05) is 13.2 Å². The van der Waals surface area contributed by atoms with Crippen molar-refractivity contribution in [2.24, 2.45) is 0 Å². The smallest absolute Gasteiger partial charge is 0.341 e. The van der Waals surface area contributed by atoms with Crippen molar-refractivity contribution in [1.29, 1.82) is 0 Å². The number of aryl methyl sites for hydroxylation is 1. The Balaban J connectivity index is 2.00. The van der Waals surface area contributed by atoms with E-state index in [4.69, 9.17) is 9.47 Å². The van der Waals surface area contributed by atoms with Gasteiger partial charge in [-0.2, -0.15) is 0 Å². The minimum atomic E-state index is -0.329. The first-order chi connectivity index (χ1) is 11.6. The van der Waals surface area contributed by atoms with Gasteiger partial charge in [-0.1, -0.05) is 13.0 Å². The maximum Gasteiger partial charge on any atom is 0.341 e. The Morgan fingerprint density at radius 2 is 2.29 bits per heavy atom. The Kier molecular flexibility index (Phi) is 5.04. The minimum Gasteiger partial charge on any atom is -0.474 e. The van der Waals surface area contributed by atoms with Gasteiger partial charge < -0.3 is 9.47 Å². The zero-order chi connectivity index (χ0) is 17.1. The van der Waals surface area contributed by atoms with Crippen LogP contribution in [0.2, 0.25) is 0 Å². The van der Waals surface area contributed by atoms with Crippen molar-refractivity contribution in [3.63, 3.8) is 0 Å². The van der Waals surface area contributed by atoms with Gasteiger partial charge in [0.2, 0.25) is 5.88 Å². The summed E-state index contributed by atoms with van der Waals surface area (Å²) in [6.45, 7) is 7.01. The van der Waals surface area contributed by atoms with E-state index in [-0.39, 0.29) is 18.1 Å². The highest BCUT2D eigenvalue weighted by Crippen LogP contribution is 2.36. The number of hydrazine groups is 1. The molecule has 2 aliphatic heterocycles. The molecule has 1 N–H and O–H groups in total. The molecule has 2 aliphatic rings. The van der Waals surface area contributed by atoms with Gasteiger partial charge in [0.15, 0.2) is 0 Å². The van der Waals surface area contributed by atoms with Crippen LogP contribution in [-0.4, -0.2) is 35.2 Å². The third-order valence-electron chi connectivity index (χ3n) is 4.45. The first kappa shape index (κ1) is 16.8. The molecule has 1 aromatic heterocycles. The second-order valence-electron chi connectivity index (χ2n) is 6.18. The van der Waals surface area contributed by atoms with Crippen LogP contribution in [0.1, 0.15) is 50.4 Å². The van der Waals surface area contributed by atoms with E-state index in [0.717, 1.165) is 37.1 Å². The third-order valence-corrected chi connectivity index (χ3v) is 4.45. The van der Waals surface area contributed by atoms with Crippen molar-refractivity contribution in [2.45, 2.75) is 52.2 Å². The monoisotopic (exact) mass is 331 g/mol. The molecule has 1 fully saturated rings. The summed E-state index contributed by atoms with van der Waals surface area (Å²) in [6, 6.07) is 3.65. The van der Waals surface area contributed by atoms with Crippen molar-refractivity contribution >= 4 is 5.97 Å². The first-order valence-corrected chi connectivity index (χ1v) is 8.68. The fraction of sp³-hybridized carbons (Fsp3) is 0.556. The fourth-order valence-electron chi connectivity index (χ4n) is 3.13. The summed E-state index contributed by atoms with van der Waals surface area (Å²) in [5.41, 5.74) is 5.82. The number of rotatable bonds is 4. The second kappa shape index (κ2) is 7.21. The van der Waals surface area contributed by atoms with E-state index in [1.54, 1.807) is 6.20 Å². The van der Waals surface area contributed by atoms with Gasteiger partial charge in [-0.05, 0) is 44.7 Å². The average Bonchev–Trinajstić information content (AvgIpc) is 2.80. The van der Waals surface area contributed by atoms with Crippen LogP contribution in [0.4, 0.5) is 0 Å². The first-order valence-electron chi connectivity index (χ1n) is 8.68.